The number of nitrogens with zero attached hydrogens (tertiary/aromatic N) is 4. The maximum Gasteiger partial charge on any atom is 0.322 e. The van der Waals surface area contributed by atoms with Crippen LogP contribution < -0.4 is 15.8 Å². The number of anilines is 1. The number of benzene rings is 1. The Morgan fingerprint density at radius 1 is 1.23 bits per heavy atom. The number of urea groups is 1. The second-order valence-electron chi connectivity index (χ2n) is 5.50. The van der Waals surface area contributed by atoms with Crippen LogP contribution >= 0.6 is 0 Å². The Labute approximate surface area is 150 Å². The number of rotatable bonds is 6. The molecule has 1 aromatic carbocycles. The SMILES string of the molecule is CN(C)C(=O)Nc1cn(CC(=O)NS(=O)(=O)c2ccc(CN)cc2)nn1. The number of carbonyl (C=O) groups is 2. The van der Waals surface area contributed by atoms with Crippen molar-refractivity contribution < 1.29 is 18.0 Å². The first-order valence-electron chi connectivity index (χ1n) is 7.44. The fourth-order valence-electron chi connectivity index (χ4n) is 1.85. The van der Waals surface area contributed by atoms with Crippen molar-refractivity contribution >= 4 is 27.8 Å². The zero-order valence-corrected chi connectivity index (χ0v) is 15.0. The van der Waals surface area contributed by atoms with Crippen LogP contribution in [0.25, 0.3) is 0 Å². The van der Waals surface area contributed by atoms with Gasteiger partial charge < -0.3 is 10.6 Å². The van der Waals surface area contributed by atoms with Gasteiger partial charge in [0, 0.05) is 20.6 Å². The summed E-state index contributed by atoms with van der Waals surface area (Å²) in [5.74, 6) is -0.667. The Bertz CT molecular complexity index is 890. The standard InChI is InChI=1S/C14H19N7O4S/c1-20(2)14(23)16-12-8-21(19-17-12)9-13(22)18-26(24,25)11-5-3-10(7-15)4-6-11/h3-6,8H,7,9,15H2,1-2H3,(H,16,23)(H,18,22). The number of hydrogen-bond donors (Lipinski definition) is 3. The second-order valence-corrected chi connectivity index (χ2v) is 7.19. The molecule has 140 valence electrons. The Hall–Kier alpha value is -2.99. The zero-order valence-electron chi connectivity index (χ0n) is 14.2. The minimum absolute atomic E-state index is 0.0550. The molecule has 3 amide bonds. The Kier molecular flexibility index (Phi) is 5.90. The minimum atomic E-state index is -4.01. The van der Waals surface area contributed by atoms with Crippen molar-refractivity contribution in [2.45, 2.75) is 18.0 Å². The molecule has 1 heterocycles. The second kappa shape index (κ2) is 7.93. The van der Waals surface area contributed by atoms with E-state index in [4.69, 9.17) is 5.73 Å². The highest BCUT2D eigenvalue weighted by molar-refractivity contribution is 7.90. The van der Waals surface area contributed by atoms with Gasteiger partial charge in [-0.2, -0.15) is 0 Å². The molecule has 0 spiro atoms. The molecule has 4 N–H and O–H groups in total. The van der Waals surface area contributed by atoms with Crippen LogP contribution in [0.3, 0.4) is 0 Å². The van der Waals surface area contributed by atoms with Gasteiger partial charge in [0.25, 0.3) is 15.9 Å². The van der Waals surface area contributed by atoms with Crippen LogP contribution in [0.5, 0.6) is 0 Å². The summed E-state index contributed by atoms with van der Waals surface area (Å²) in [5.41, 5.74) is 6.23. The molecular formula is C14H19N7O4S. The summed E-state index contributed by atoms with van der Waals surface area (Å²) in [5, 5.41) is 9.79. The predicted molar refractivity (Wildman–Crippen MR) is 92.4 cm³/mol. The fraction of sp³-hybridized carbons (Fsp3) is 0.286. The van der Waals surface area contributed by atoms with Crippen molar-refractivity contribution in [1.82, 2.24) is 24.6 Å². The van der Waals surface area contributed by atoms with E-state index < -0.39 is 22.0 Å². The molecule has 26 heavy (non-hydrogen) atoms. The first-order chi connectivity index (χ1) is 12.2. The summed E-state index contributed by atoms with van der Waals surface area (Å²) < 4.78 is 27.4. The van der Waals surface area contributed by atoms with Gasteiger partial charge in [0.2, 0.25) is 0 Å². The molecule has 0 bridgehead atoms. The van der Waals surface area contributed by atoms with Gasteiger partial charge in [-0.05, 0) is 17.7 Å². The van der Waals surface area contributed by atoms with E-state index in [1.165, 1.54) is 23.2 Å². The number of hydrogen-bond acceptors (Lipinski definition) is 7. The third kappa shape index (κ3) is 5.00. The van der Waals surface area contributed by atoms with Gasteiger partial charge in [0.05, 0.1) is 11.1 Å². The molecule has 0 aliphatic rings. The Morgan fingerprint density at radius 3 is 2.46 bits per heavy atom. The average molecular weight is 381 g/mol. The van der Waals surface area contributed by atoms with E-state index in [1.807, 2.05) is 4.72 Å². The molecule has 2 aromatic rings. The van der Waals surface area contributed by atoms with Gasteiger partial charge in [-0.1, -0.05) is 17.3 Å². The Morgan fingerprint density at radius 2 is 1.88 bits per heavy atom. The van der Waals surface area contributed by atoms with Gasteiger partial charge >= 0.3 is 6.03 Å². The van der Waals surface area contributed by atoms with Gasteiger partial charge in [0.15, 0.2) is 5.82 Å². The third-order valence-corrected chi connectivity index (χ3v) is 4.59. The van der Waals surface area contributed by atoms with Gasteiger partial charge in [-0.25, -0.2) is 22.6 Å². The van der Waals surface area contributed by atoms with E-state index in [9.17, 15) is 18.0 Å². The number of nitrogens with two attached hydrogens (primary N) is 1. The minimum Gasteiger partial charge on any atom is -0.331 e. The van der Waals surface area contributed by atoms with Crippen LogP contribution in [0.4, 0.5) is 10.6 Å². The number of amides is 3. The molecule has 0 saturated heterocycles. The lowest BCUT2D eigenvalue weighted by molar-refractivity contribution is -0.120. The maximum absolute atomic E-state index is 12.2. The predicted octanol–water partition coefficient (Wildman–Crippen LogP) is -0.665. The van der Waals surface area contributed by atoms with E-state index >= 15 is 0 Å². The molecule has 11 nitrogen and oxygen atoms in total. The zero-order chi connectivity index (χ0) is 19.3. The van der Waals surface area contributed by atoms with E-state index in [1.54, 1.807) is 26.2 Å². The average Bonchev–Trinajstić information content (AvgIpc) is 3.00. The monoisotopic (exact) mass is 381 g/mol. The first-order valence-corrected chi connectivity index (χ1v) is 8.92. The largest absolute Gasteiger partial charge is 0.331 e. The van der Waals surface area contributed by atoms with Crippen molar-refractivity contribution in [3.63, 3.8) is 0 Å². The summed E-state index contributed by atoms with van der Waals surface area (Å²) in [6.07, 6.45) is 1.31. The molecule has 2 rings (SSSR count). The van der Waals surface area contributed by atoms with E-state index in [0.717, 1.165) is 10.2 Å². The topological polar surface area (TPSA) is 152 Å². The molecule has 0 saturated carbocycles. The van der Waals surface area contributed by atoms with Crippen LogP contribution in [0, 0.1) is 0 Å². The third-order valence-electron chi connectivity index (χ3n) is 3.20. The maximum atomic E-state index is 12.2. The molecule has 0 radical (unpaired) electrons. The normalized spacial score (nSPS) is 11.0. The van der Waals surface area contributed by atoms with Crippen molar-refractivity contribution in [3.8, 4) is 0 Å². The molecular weight excluding hydrogens is 362 g/mol. The summed E-state index contributed by atoms with van der Waals surface area (Å²) in [4.78, 5) is 24.7. The molecule has 0 aliphatic carbocycles. The van der Waals surface area contributed by atoms with Crippen LogP contribution in [0.15, 0.2) is 35.4 Å². The molecule has 0 unspecified atom stereocenters. The molecule has 1 aromatic heterocycles. The highest BCUT2D eigenvalue weighted by atomic mass is 32.2. The number of aromatic nitrogens is 3. The van der Waals surface area contributed by atoms with E-state index in [2.05, 4.69) is 15.6 Å². The summed E-state index contributed by atoms with van der Waals surface area (Å²) in [7, 11) is -0.899. The lowest BCUT2D eigenvalue weighted by atomic mass is 10.2. The summed E-state index contributed by atoms with van der Waals surface area (Å²) in [6.45, 7) is -0.101. The van der Waals surface area contributed by atoms with E-state index in [-0.39, 0.29) is 23.8 Å². The van der Waals surface area contributed by atoms with Crippen LogP contribution in [0.2, 0.25) is 0 Å². The van der Waals surface area contributed by atoms with Gasteiger partial charge in [-0.15, -0.1) is 5.10 Å². The molecule has 0 fully saturated rings. The number of carbonyl (C=O) groups excluding carboxylic acids is 2. The first kappa shape index (κ1) is 19.3. The number of sulfonamides is 1. The van der Waals surface area contributed by atoms with Crippen LogP contribution in [-0.2, 0) is 27.9 Å². The van der Waals surface area contributed by atoms with E-state index in [0.29, 0.717) is 0 Å². The lowest BCUT2D eigenvalue weighted by Crippen LogP contribution is -2.33. The quantitative estimate of drug-likeness (QED) is 0.600. The van der Waals surface area contributed by atoms with Crippen molar-refractivity contribution in [2.75, 3.05) is 19.4 Å². The number of nitrogens with one attached hydrogen (secondary N) is 2. The van der Waals surface area contributed by atoms with Gasteiger partial charge in [-0.3, -0.25) is 10.1 Å². The van der Waals surface area contributed by atoms with Crippen LogP contribution in [-0.4, -0.2) is 54.3 Å². The Balaban J connectivity index is 1.99. The summed E-state index contributed by atoms with van der Waals surface area (Å²) in [6, 6.07) is 5.45. The highest BCUT2D eigenvalue weighted by Crippen LogP contribution is 2.10. The molecule has 0 atom stereocenters. The fourth-order valence-corrected chi connectivity index (χ4v) is 2.82. The lowest BCUT2D eigenvalue weighted by Gasteiger charge is -2.09. The van der Waals surface area contributed by atoms with Gasteiger partial charge in [0.1, 0.15) is 6.54 Å². The van der Waals surface area contributed by atoms with Crippen molar-refractivity contribution in [3.05, 3.63) is 36.0 Å². The highest BCUT2D eigenvalue weighted by Gasteiger charge is 2.18. The molecule has 12 heteroatoms. The van der Waals surface area contributed by atoms with Crippen molar-refractivity contribution in [1.29, 1.82) is 0 Å². The summed E-state index contributed by atoms with van der Waals surface area (Å²) >= 11 is 0. The smallest absolute Gasteiger partial charge is 0.322 e. The molecule has 0 aliphatic heterocycles. The van der Waals surface area contributed by atoms with Crippen molar-refractivity contribution in [2.24, 2.45) is 5.73 Å². The van der Waals surface area contributed by atoms with Crippen LogP contribution in [0.1, 0.15) is 5.56 Å².